The summed E-state index contributed by atoms with van der Waals surface area (Å²) in [4.78, 5) is 12.3. The highest BCUT2D eigenvalue weighted by Crippen LogP contribution is 2.40. The van der Waals surface area contributed by atoms with Gasteiger partial charge < -0.3 is 10.1 Å². The number of allylic oxidation sites excluding steroid dienone is 1. The third kappa shape index (κ3) is 2.26. The van der Waals surface area contributed by atoms with Crippen LogP contribution in [-0.4, -0.2) is 22.9 Å². The van der Waals surface area contributed by atoms with Crippen LogP contribution in [0, 0.1) is 0 Å². The second-order valence-corrected chi connectivity index (χ2v) is 5.65. The molecule has 1 aliphatic heterocycles. The number of nitrogens with zero attached hydrogens (tertiary/aromatic N) is 2. The Morgan fingerprint density at radius 1 is 1.36 bits per heavy atom. The molecule has 2 heterocycles. The Kier molecular flexibility index (Phi) is 3.85. The third-order valence-corrected chi connectivity index (χ3v) is 4.42. The molecule has 0 bridgehead atoms. The van der Waals surface area contributed by atoms with E-state index in [0.717, 1.165) is 5.82 Å². The van der Waals surface area contributed by atoms with Crippen molar-refractivity contribution in [2.75, 3.05) is 12.4 Å². The van der Waals surface area contributed by atoms with Crippen molar-refractivity contribution in [1.82, 2.24) is 9.78 Å². The molecular formula is C15H13Cl2N3O2. The van der Waals surface area contributed by atoms with Gasteiger partial charge in [0.15, 0.2) is 0 Å². The van der Waals surface area contributed by atoms with E-state index in [1.807, 2.05) is 19.1 Å². The minimum Gasteiger partial charge on any atom is -0.466 e. The predicted molar refractivity (Wildman–Crippen MR) is 85.2 cm³/mol. The molecule has 3 rings (SSSR count). The van der Waals surface area contributed by atoms with Crippen molar-refractivity contribution in [3.63, 3.8) is 0 Å². The molecular weight excluding hydrogens is 325 g/mol. The molecule has 114 valence electrons. The number of carbonyl (C=O) groups excluding carboxylic acids is 1. The van der Waals surface area contributed by atoms with Crippen LogP contribution in [0.4, 0.5) is 5.82 Å². The average molecular weight is 338 g/mol. The number of fused-ring (bicyclic) bond motifs is 1. The molecule has 0 amide bonds. The number of aromatic nitrogens is 2. The lowest BCUT2D eigenvalue weighted by Gasteiger charge is -2.29. The lowest BCUT2D eigenvalue weighted by molar-refractivity contribution is -0.136. The van der Waals surface area contributed by atoms with Crippen LogP contribution in [0.1, 0.15) is 18.5 Å². The molecule has 5 nitrogen and oxygen atoms in total. The van der Waals surface area contributed by atoms with Gasteiger partial charge in [-0.15, -0.1) is 0 Å². The largest absolute Gasteiger partial charge is 0.466 e. The second-order valence-electron chi connectivity index (χ2n) is 4.86. The van der Waals surface area contributed by atoms with E-state index in [1.54, 1.807) is 23.0 Å². The minimum absolute atomic E-state index is 0.395. The molecule has 0 fully saturated rings. The number of rotatable bonds is 2. The first-order valence-electron chi connectivity index (χ1n) is 6.58. The number of hydrogen-bond acceptors (Lipinski definition) is 4. The maximum absolute atomic E-state index is 12.3. The topological polar surface area (TPSA) is 56.1 Å². The van der Waals surface area contributed by atoms with Crippen molar-refractivity contribution < 1.29 is 9.53 Å². The molecule has 1 N–H and O–H groups in total. The Balaban J connectivity index is 2.25. The fourth-order valence-corrected chi connectivity index (χ4v) is 3.01. The fraction of sp³-hybridized carbons (Fsp3) is 0.200. The highest BCUT2D eigenvalue weighted by atomic mass is 35.5. The molecule has 1 atom stereocenters. The second kappa shape index (κ2) is 5.66. The number of hydrogen-bond donors (Lipinski definition) is 1. The predicted octanol–water partition coefficient (Wildman–Crippen LogP) is 3.65. The summed E-state index contributed by atoms with van der Waals surface area (Å²) in [6.45, 7) is 1.81. The van der Waals surface area contributed by atoms with Gasteiger partial charge in [-0.05, 0) is 13.0 Å². The number of nitrogens with one attached hydrogen (secondary N) is 1. The van der Waals surface area contributed by atoms with Gasteiger partial charge in [0.2, 0.25) is 0 Å². The van der Waals surface area contributed by atoms with E-state index < -0.39 is 12.0 Å². The standard InChI is InChI=1S/C15H13Cl2N3O2/c1-8-12(15(21)22-2)14(20-11(19-8)6-7-18-20)9-4-3-5-10(16)13(9)17/h3-7,14,19H,1-2H3. The summed E-state index contributed by atoms with van der Waals surface area (Å²) in [5.41, 5.74) is 1.84. The van der Waals surface area contributed by atoms with Gasteiger partial charge in [-0.2, -0.15) is 5.10 Å². The van der Waals surface area contributed by atoms with Crippen molar-refractivity contribution in [1.29, 1.82) is 0 Å². The van der Waals surface area contributed by atoms with Crippen LogP contribution in [0.3, 0.4) is 0 Å². The Hall–Kier alpha value is -1.98. The maximum atomic E-state index is 12.3. The van der Waals surface area contributed by atoms with Gasteiger partial charge in [0.1, 0.15) is 11.9 Å². The van der Waals surface area contributed by atoms with Crippen molar-refractivity contribution in [2.24, 2.45) is 0 Å². The Morgan fingerprint density at radius 2 is 2.14 bits per heavy atom. The van der Waals surface area contributed by atoms with E-state index in [2.05, 4.69) is 10.4 Å². The molecule has 0 spiro atoms. The fourth-order valence-electron chi connectivity index (χ4n) is 2.60. The van der Waals surface area contributed by atoms with Gasteiger partial charge in [-0.1, -0.05) is 35.3 Å². The molecule has 1 aliphatic rings. The average Bonchev–Trinajstić information content (AvgIpc) is 2.96. The number of halogens is 2. The summed E-state index contributed by atoms with van der Waals surface area (Å²) in [6, 6.07) is 6.64. The molecule has 22 heavy (non-hydrogen) atoms. The zero-order valence-corrected chi connectivity index (χ0v) is 13.4. The van der Waals surface area contributed by atoms with E-state index in [-0.39, 0.29) is 0 Å². The molecule has 1 aromatic heterocycles. The number of ether oxygens (including phenoxy) is 1. The Morgan fingerprint density at radius 3 is 2.86 bits per heavy atom. The van der Waals surface area contributed by atoms with Crippen LogP contribution in [0.25, 0.3) is 0 Å². The highest BCUT2D eigenvalue weighted by molar-refractivity contribution is 6.42. The summed E-state index contributed by atoms with van der Waals surface area (Å²) in [7, 11) is 1.35. The summed E-state index contributed by atoms with van der Waals surface area (Å²) < 4.78 is 6.61. The van der Waals surface area contributed by atoms with Gasteiger partial charge in [0.05, 0.1) is 28.9 Å². The monoisotopic (exact) mass is 337 g/mol. The zero-order valence-electron chi connectivity index (χ0n) is 11.9. The summed E-state index contributed by atoms with van der Waals surface area (Å²) in [5, 5.41) is 8.26. The quantitative estimate of drug-likeness (QED) is 0.850. The Bertz CT molecular complexity index is 783. The summed E-state index contributed by atoms with van der Waals surface area (Å²) in [5.74, 6) is 0.332. The molecule has 0 saturated carbocycles. The van der Waals surface area contributed by atoms with E-state index >= 15 is 0 Å². The zero-order chi connectivity index (χ0) is 15.9. The van der Waals surface area contributed by atoms with Gasteiger partial charge in [0, 0.05) is 17.3 Å². The molecule has 0 aliphatic carbocycles. The van der Waals surface area contributed by atoms with E-state index in [4.69, 9.17) is 27.9 Å². The molecule has 0 saturated heterocycles. The highest BCUT2D eigenvalue weighted by Gasteiger charge is 2.34. The number of methoxy groups -OCH3 is 1. The van der Waals surface area contributed by atoms with Gasteiger partial charge in [-0.3, -0.25) is 0 Å². The summed E-state index contributed by atoms with van der Waals surface area (Å²) in [6.07, 6.45) is 1.65. The van der Waals surface area contributed by atoms with Gasteiger partial charge >= 0.3 is 5.97 Å². The van der Waals surface area contributed by atoms with Crippen LogP contribution < -0.4 is 5.32 Å². The van der Waals surface area contributed by atoms with Crippen LogP contribution in [0.5, 0.6) is 0 Å². The van der Waals surface area contributed by atoms with Crippen molar-refractivity contribution in [3.8, 4) is 0 Å². The molecule has 7 heteroatoms. The smallest absolute Gasteiger partial charge is 0.338 e. The number of carbonyl (C=O) groups is 1. The Labute approximate surface area is 137 Å². The third-order valence-electron chi connectivity index (χ3n) is 3.59. The lowest BCUT2D eigenvalue weighted by Crippen LogP contribution is -2.29. The number of esters is 1. The maximum Gasteiger partial charge on any atom is 0.338 e. The molecule has 1 unspecified atom stereocenters. The molecule has 0 radical (unpaired) electrons. The number of anilines is 1. The van der Waals surface area contributed by atoms with Gasteiger partial charge in [-0.25, -0.2) is 9.48 Å². The van der Waals surface area contributed by atoms with Crippen LogP contribution >= 0.6 is 23.2 Å². The summed E-state index contributed by atoms with van der Waals surface area (Å²) >= 11 is 12.5. The van der Waals surface area contributed by atoms with E-state index in [9.17, 15) is 4.79 Å². The molecule has 1 aromatic carbocycles. The van der Waals surface area contributed by atoms with E-state index in [1.165, 1.54) is 7.11 Å². The number of benzene rings is 1. The normalized spacial score (nSPS) is 17.0. The minimum atomic E-state index is -0.495. The van der Waals surface area contributed by atoms with Crippen molar-refractivity contribution in [2.45, 2.75) is 13.0 Å². The lowest BCUT2D eigenvalue weighted by atomic mass is 9.95. The van der Waals surface area contributed by atoms with Crippen molar-refractivity contribution >= 4 is 35.0 Å². The van der Waals surface area contributed by atoms with Crippen molar-refractivity contribution in [3.05, 3.63) is 57.3 Å². The van der Waals surface area contributed by atoms with Crippen LogP contribution in [-0.2, 0) is 9.53 Å². The first-order valence-corrected chi connectivity index (χ1v) is 7.33. The first-order chi connectivity index (χ1) is 10.5. The van der Waals surface area contributed by atoms with Crippen LogP contribution in [0.15, 0.2) is 41.7 Å². The SMILES string of the molecule is COC(=O)C1=C(C)Nc2ccnn2C1c1cccc(Cl)c1Cl. The van der Waals surface area contributed by atoms with E-state index in [0.29, 0.717) is 26.9 Å². The van der Waals surface area contributed by atoms with Crippen LogP contribution in [0.2, 0.25) is 10.0 Å². The molecule has 2 aromatic rings. The first kappa shape index (κ1) is 14.9. The van der Waals surface area contributed by atoms with Gasteiger partial charge in [0.25, 0.3) is 0 Å².